The van der Waals surface area contributed by atoms with E-state index in [4.69, 9.17) is 16.3 Å². The van der Waals surface area contributed by atoms with Gasteiger partial charge in [0.2, 0.25) is 0 Å². The van der Waals surface area contributed by atoms with E-state index in [9.17, 15) is 9.59 Å². The van der Waals surface area contributed by atoms with E-state index >= 15 is 0 Å². The molecule has 0 aromatic rings. The molecule has 2 aliphatic heterocycles. The van der Waals surface area contributed by atoms with E-state index in [-0.39, 0.29) is 17.9 Å². The summed E-state index contributed by atoms with van der Waals surface area (Å²) in [6, 6.07) is -0.377. The topological polar surface area (TPSA) is 79.8 Å². The van der Waals surface area contributed by atoms with Gasteiger partial charge in [-0.15, -0.1) is 0 Å². The predicted octanol–water partition coefficient (Wildman–Crippen LogP) is 1.12. The van der Waals surface area contributed by atoms with E-state index in [1.165, 1.54) is 0 Å². The number of ether oxygens (including phenoxy) is 1. The van der Waals surface area contributed by atoms with Crippen LogP contribution in [0.4, 0.5) is 4.79 Å². The van der Waals surface area contributed by atoms with Crippen molar-refractivity contribution < 1.29 is 14.3 Å². The second-order valence-electron chi connectivity index (χ2n) is 4.09. The molecule has 0 radical (unpaired) electrons. The number of alkyl halides is 1. The average molecular weight is 272 g/mol. The van der Waals surface area contributed by atoms with Crippen molar-refractivity contribution in [3.8, 4) is 0 Å². The lowest BCUT2D eigenvalue weighted by Gasteiger charge is -2.33. The molecule has 2 aliphatic rings. The second kappa shape index (κ2) is 4.97. The Hall–Kier alpha value is -1.56. The quantitative estimate of drug-likeness (QED) is 0.449. The maximum Gasteiger partial charge on any atom is 0.335 e. The molecule has 2 atom stereocenters. The van der Waals surface area contributed by atoms with Gasteiger partial charge in [-0.2, -0.15) is 0 Å². The lowest BCUT2D eigenvalue weighted by molar-refractivity contribution is -0.138. The number of esters is 1. The van der Waals surface area contributed by atoms with Crippen LogP contribution in [0.25, 0.3) is 0 Å². The minimum absolute atomic E-state index is 0.229. The number of rotatable bonds is 2. The Balaban J connectivity index is 2.27. The van der Waals surface area contributed by atoms with Crippen LogP contribution < -0.4 is 10.6 Å². The molecule has 2 rings (SSSR count). The number of urea groups is 1. The maximum absolute atomic E-state index is 11.8. The van der Waals surface area contributed by atoms with E-state index in [1.807, 2.05) is 0 Å². The van der Waals surface area contributed by atoms with Gasteiger partial charge < -0.3 is 10.1 Å². The molecule has 1 saturated heterocycles. The van der Waals surface area contributed by atoms with Crippen LogP contribution in [0, 0.1) is 5.92 Å². The molecule has 2 amide bonds. The fraction of sp³-hybridized carbons (Fsp3) is 0.545. The van der Waals surface area contributed by atoms with E-state index < -0.39 is 5.50 Å². The Morgan fingerprint density at radius 2 is 2.33 bits per heavy atom. The third kappa shape index (κ3) is 2.33. The first-order valence-electron chi connectivity index (χ1n) is 5.70. The summed E-state index contributed by atoms with van der Waals surface area (Å²) in [6.07, 6.45) is 0.408. The number of fused-ring (bicyclic) bond motifs is 1. The Kier molecular flexibility index (Phi) is 3.56. The van der Waals surface area contributed by atoms with Crippen LogP contribution in [0.5, 0.6) is 0 Å². The lowest BCUT2D eigenvalue weighted by Crippen LogP contribution is -2.57. The molecule has 18 heavy (non-hydrogen) atoms. The Morgan fingerprint density at radius 3 is 3.00 bits per heavy atom. The van der Waals surface area contributed by atoms with E-state index in [2.05, 4.69) is 15.6 Å². The zero-order valence-corrected chi connectivity index (χ0v) is 10.9. The zero-order valence-electron chi connectivity index (χ0n) is 10.1. The highest BCUT2D eigenvalue weighted by molar-refractivity contribution is 6.25. The lowest BCUT2D eigenvalue weighted by atomic mass is 9.92. The van der Waals surface area contributed by atoms with Gasteiger partial charge >= 0.3 is 12.0 Å². The molecular weight excluding hydrogens is 258 g/mol. The highest BCUT2D eigenvalue weighted by Gasteiger charge is 2.37. The van der Waals surface area contributed by atoms with Crippen molar-refractivity contribution >= 4 is 29.4 Å². The van der Waals surface area contributed by atoms with Gasteiger partial charge in [0.15, 0.2) is 0 Å². The first kappa shape index (κ1) is 12.9. The van der Waals surface area contributed by atoms with Crippen LogP contribution in [0.15, 0.2) is 16.3 Å². The predicted molar refractivity (Wildman–Crippen MR) is 66.2 cm³/mol. The smallest absolute Gasteiger partial charge is 0.335 e. The number of hydrogen-bond acceptors (Lipinski definition) is 4. The molecule has 2 heterocycles. The molecule has 98 valence electrons. The van der Waals surface area contributed by atoms with Crippen molar-refractivity contribution in [2.45, 2.75) is 25.8 Å². The molecule has 2 unspecified atom stereocenters. The van der Waals surface area contributed by atoms with Crippen LogP contribution in [0.1, 0.15) is 20.3 Å². The molecule has 0 aliphatic carbocycles. The number of allylic oxidation sites excluding steroid dienone is 1. The summed E-state index contributed by atoms with van der Waals surface area (Å²) in [5.41, 5.74) is 0.495. The third-order valence-corrected chi connectivity index (χ3v) is 3.30. The van der Waals surface area contributed by atoms with Gasteiger partial charge in [0.25, 0.3) is 0 Å². The molecule has 0 aromatic carbocycles. The number of carbonyl (C=O) groups excluding carboxylic acids is 2. The van der Waals surface area contributed by atoms with Gasteiger partial charge in [0.05, 0.1) is 18.1 Å². The number of halogens is 1. The SMILES string of the molecule is CCOC(=O)C1=C(C)N=C2NC(=O)NC(Cl)C2C1. The number of amidine groups is 1. The molecule has 0 aromatic heterocycles. The number of aliphatic imine (C=N–C) groups is 1. The zero-order chi connectivity index (χ0) is 13.3. The summed E-state index contributed by atoms with van der Waals surface area (Å²) in [5.74, 6) is -0.102. The fourth-order valence-corrected chi connectivity index (χ4v) is 2.29. The summed E-state index contributed by atoms with van der Waals surface area (Å²) in [4.78, 5) is 27.2. The van der Waals surface area contributed by atoms with Crippen molar-refractivity contribution in [1.29, 1.82) is 0 Å². The summed E-state index contributed by atoms with van der Waals surface area (Å²) < 4.78 is 4.97. The van der Waals surface area contributed by atoms with Gasteiger partial charge in [0, 0.05) is 5.70 Å². The van der Waals surface area contributed by atoms with E-state index in [1.54, 1.807) is 13.8 Å². The van der Waals surface area contributed by atoms with Crippen molar-refractivity contribution in [3.05, 3.63) is 11.3 Å². The van der Waals surface area contributed by atoms with E-state index in [0.29, 0.717) is 30.1 Å². The van der Waals surface area contributed by atoms with Crippen molar-refractivity contribution in [2.24, 2.45) is 10.9 Å². The van der Waals surface area contributed by atoms with Crippen molar-refractivity contribution in [3.63, 3.8) is 0 Å². The molecule has 6 nitrogen and oxygen atoms in total. The molecule has 0 bridgehead atoms. The molecule has 2 N–H and O–H groups in total. The first-order valence-corrected chi connectivity index (χ1v) is 6.13. The van der Waals surface area contributed by atoms with E-state index in [0.717, 1.165) is 0 Å². The van der Waals surface area contributed by atoms with Gasteiger partial charge in [-0.05, 0) is 20.3 Å². The van der Waals surface area contributed by atoms with Gasteiger partial charge in [-0.25, -0.2) is 14.6 Å². The Labute approximate surface area is 109 Å². The highest BCUT2D eigenvalue weighted by atomic mass is 35.5. The Morgan fingerprint density at radius 1 is 1.61 bits per heavy atom. The summed E-state index contributed by atoms with van der Waals surface area (Å²) in [6.45, 7) is 3.78. The average Bonchev–Trinajstić information content (AvgIpc) is 2.27. The normalized spacial score (nSPS) is 26.8. The van der Waals surface area contributed by atoms with Crippen molar-refractivity contribution in [2.75, 3.05) is 6.61 Å². The summed E-state index contributed by atoms with van der Waals surface area (Å²) in [7, 11) is 0. The van der Waals surface area contributed by atoms with Crippen LogP contribution in [-0.4, -0.2) is 29.9 Å². The fourth-order valence-electron chi connectivity index (χ4n) is 1.99. The number of amides is 2. The van der Waals surface area contributed by atoms with Gasteiger partial charge in [0.1, 0.15) is 11.3 Å². The minimum Gasteiger partial charge on any atom is -0.463 e. The summed E-state index contributed by atoms with van der Waals surface area (Å²) >= 11 is 6.05. The Bertz CT molecular complexity index is 458. The number of nitrogens with zero attached hydrogens (tertiary/aromatic N) is 1. The van der Waals surface area contributed by atoms with Gasteiger partial charge in [-0.3, -0.25) is 5.32 Å². The summed E-state index contributed by atoms with van der Waals surface area (Å²) in [5, 5.41) is 5.14. The number of carbonyl (C=O) groups is 2. The highest BCUT2D eigenvalue weighted by Crippen LogP contribution is 2.29. The largest absolute Gasteiger partial charge is 0.463 e. The third-order valence-electron chi connectivity index (χ3n) is 2.89. The van der Waals surface area contributed by atoms with Gasteiger partial charge in [-0.1, -0.05) is 11.6 Å². The molecule has 1 fully saturated rings. The number of nitrogens with one attached hydrogen (secondary N) is 2. The number of hydrogen-bond donors (Lipinski definition) is 2. The first-order chi connectivity index (χ1) is 8.52. The molecule has 7 heteroatoms. The standard InChI is InChI=1S/C11H14ClN3O3/c1-3-18-10(16)6-4-7-8(12)14-11(17)15-9(7)13-5(6)2/h7-8H,3-4H2,1-2H3,(H2,13,14,15,17). The molecule has 0 saturated carbocycles. The van der Waals surface area contributed by atoms with Crippen LogP contribution in [0.3, 0.4) is 0 Å². The van der Waals surface area contributed by atoms with Crippen LogP contribution in [-0.2, 0) is 9.53 Å². The second-order valence-corrected chi connectivity index (χ2v) is 4.56. The molecular formula is C11H14ClN3O3. The van der Waals surface area contributed by atoms with Crippen LogP contribution in [0.2, 0.25) is 0 Å². The molecule has 0 spiro atoms. The minimum atomic E-state index is -0.574. The maximum atomic E-state index is 11.8. The van der Waals surface area contributed by atoms with Crippen LogP contribution >= 0.6 is 11.6 Å². The monoisotopic (exact) mass is 271 g/mol. The van der Waals surface area contributed by atoms with Crippen molar-refractivity contribution in [1.82, 2.24) is 10.6 Å².